The summed E-state index contributed by atoms with van der Waals surface area (Å²) in [4.78, 5) is 18.4. The molecule has 0 saturated heterocycles. The lowest BCUT2D eigenvalue weighted by molar-refractivity contribution is 0.107. The number of hydrogen-bond acceptors (Lipinski definition) is 4. The van der Waals surface area contributed by atoms with Crippen LogP contribution in [-0.2, 0) is 0 Å². The highest BCUT2D eigenvalue weighted by atomic mass is 35.5. The molecule has 0 N–H and O–H groups in total. The smallest absolute Gasteiger partial charge is 0.272 e. The van der Waals surface area contributed by atoms with Gasteiger partial charge in [-0.3, -0.25) is 4.79 Å². The van der Waals surface area contributed by atoms with Crippen molar-refractivity contribution in [1.82, 2.24) is 9.97 Å². The fourth-order valence-electron chi connectivity index (χ4n) is 0.587. The summed E-state index contributed by atoms with van der Waals surface area (Å²) in [5.74, 6) is 0. The molecule has 0 unspecified atom stereocenters. The zero-order chi connectivity index (χ0) is 9.14. The molecule has 12 heavy (non-hydrogen) atoms. The summed E-state index contributed by atoms with van der Waals surface area (Å²) in [6.07, 6.45) is 3.15. The van der Waals surface area contributed by atoms with E-state index < -0.39 is 5.24 Å². The van der Waals surface area contributed by atoms with Gasteiger partial charge in [-0.05, 0) is 17.9 Å². The Balaban J connectivity index is 3.17. The lowest BCUT2D eigenvalue weighted by Gasteiger charge is -1.98. The van der Waals surface area contributed by atoms with E-state index in [-0.39, 0.29) is 10.7 Å². The van der Waals surface area contributed by atoms with Gasteiger partial charge in [0.1, 0.15) is 5.69 Å². The van der Waals surface area contributed by atoms with Crippen LogP contribution in [0.3, 0.4) is 0 Å². The monoisotopic (exact) mass is 222 g/mol. The Bertz CT molecular complexity index is 318. The Hall–Kier alpha value is -0.320. The van der Waals surface area contributed by atoms with Gasteiger partial charge in [0.2, 0.25) is 0 Å². The van der Waals surface area contributed by atoms with Crippen LogP contribution in [0.25, 0.3) is 0 Å². The largest absolute Gasteiger partial charge is 0.274 e. The molecular weight excluding hydrogens is 219 g/mol. The molecule has 0 atom stereocenters. The maximum atomic E-state index is 10.7. The van der Waals surface area contributed by atoms with E-state index in [4.69, 9.17) is 23.2 Å². The third kappa shape index (κ3) is 2.09. The van der Waals surface area contributed by atoms with Crippen molar-refractivity contribution in [2.24, 2.45) is 0 Å². The molecule has 1 aromatic heterocycles. The van der Waals surface area contributed by atoms with E-state index in [1.54, 1.807) is 6.26 Å². The van der Waals surface area contributed by atoms with E-state index in [0.29, 0.717) is 5.16 Å². The fraction of sp³-hybridized carbons (Fsp3) is 0.167. The molecule has 1 heterocycles. The van der Waals surface area contributed by atoms with Gasteiger partial charge in [0.05, 0.1) is 11.2 Å². The van der Waals surface area contributed by atoms with Crippen molar-refractivity contribution in [1.29, 1.82) is 0 Å². The third-order valence-electron chi connectivity index (χ3n) is 1.09. The molecule has 0 aromatic carbocycles. The molecule has 0 amide bonds. The maximum Gasteiger partial charge on any atom is 0.272 e. The standard InChI is InChI=1S/C6H4Cl2N2OS/c1-12-6-9-2-3(7)4(10-6)5(8)11/h2H,1H3. The highest BCUT2D eigenvalue weighted by molar-refractivity contribution is 7.98. The number of rotatable bonds is 2. The van der Waals surface area contributed by atoms with Gasteiger partial charge in [-0.1, -0.05) is 23.4 Å². The van der Waals surface area contributed by atoms with Gasteiger partial charge in [0.15, 0.2) is 5.16 Å². The van der Waals surface area contributed by atoms with Crippen LogP contribution in [0.1, 0.15) is 10.5 Å². The van der Waals surface area contributed by atoms with Gasteiger partial charge >= 0.3 is 0 Å². The van der Waals surface area contributed by atoms with E-state index in [1.807, 2.05) is 0 Å². The zero-order valence-corrected chi connectivity index (χ0v) is 8.37. The minimum atomic E-state index is -0.669. The number of aromatic nitrogens is 2. The van der Waals surface area contributed by atoms with Crippen LogP contribution in [0.4, 0.5) is 0 Å². The molecule has 0 saturated carbocycles. The minimum Gasteiger partial charge on any atom is -0.274 e. The first kappa shape index (κ1) is 9.77. The van der Waals surface area contributed by atoms with Crippen LogP contribution in [0.2, 0.25) is 5.02 Å². The fourth-order valence-corrected chi connectivity index (χ4v) is 1.30. The van der Waals surface area contributed by atoms with Gasteiger partial charge in [-0.25, -0.2) is 9.97 Å². The molecule has 64 valence electrons. The number of carbonyl (C=O) groups is 1. The topological polar surface area (TPSA) is 42.9 Å². The second-order valence-electron chi connectivity index (χ2n) is 1.83. The highest BCUT2D eigenvalue weighted by Gasteiger charge is 2.10. The van der Waals surface area contributed by atoms with Crippen LogP contribution in [0.5, 0.6) is 0 Å². The first-order valence-electron chi connectivity index (χ1n) is 2.91. The molecule has 1 aromatic rings. The van der Waals surface area contributed by atoms with Gasteiger partial charge in [0.25, 0.3) is 5.24 Å². The lowest BCUT2D eigenvalue weighted by Crippen LogP contribution is -1.98. The molecule has 0 spiro atoms. The van der Waals surface area contributed by atoms with Gasteiger partial charge < -0.3 is 0 Å². The zero-order valence-electron chi connectivity index (χ0n) is 6.04. The van der Waals surface area contributed by atoms with E-state index in [0.717, 1.165) is 0 Å². The Morgan fingerprint density at radius 3 is 2.83 bits per heavy atom. The number of carbonyl (C=O) groups excluding carboxylic acids is 1. The van der Waals surface area contributed by atoms with Gasteiger partial charge in [-0.2, -0.15) is 0 Å². The molecule has 0 fully saturated rings. The molecule has 0 aliphatic rings. The van der Waals surface area contributed by atoms with Crippen LogP contribution >= 0.6 is 35.0 Å². The second-order valence-corrected chi connectivity index (χ2v) is 3.35. The van der Waals surface area contributed by atoms with Crippen molar-refractivity contribution in [2.45, 2.75) is 5.16 Å². The van der Waals surface area contributed by atoms with E-state index in [9.17, 15) is 4.79 Å². The summed E-state index contributed by atoms with van der Waals surface area (Å²) >= 11 is 12.1. The van der Waals surface area contributed by atoms with E-state index in [2.05, 4.69) is 9.97 Å². The van der Waals surface area contributed by atoms with Crippen molar-refractivity contribution in [3.63, 3.8) is 0 Å². The van der Waals surface area contributed by atoms with Crippen molar-refractivity contribution in [3.8, 4) is 0 Å². The summed E-state index contributed by atoms with van der Waals surface area (Å²) in [5, 5.41) is -0.0195. The number of halogens is 2. The number of thioether (sulfide) groups is 1. The predicted octanol–water partition coefficient (Wildman–Crippen LogP) is 2.23. The van der Waals surface area contributed by atoms with Crippen LogP contribution in [0, 0.1) is 0 Å². The first-order valence-corrected chi connectivity index (χ1v) is 4.89. The molecule has 6 heteroatoms. The van der Waals surface area contributed by atoms with Crippen LogP contribution < -0.4 is 0 Å². The van der Waals surface area contributed by atoms with Crippen LogP contribution in [-0.4, -0.2) is 21.5 Å². The molecule has 0 aliphatic heterocycles. The van der Waals surface area contributed by atoms with Crippen molar-refractivity contribution < 1.29 is 4.79 Å². The Labute approximate surface area is 83.5 Å². The third-order valence-corrected chi connectivity index (χ3v) is 2.11. The van der Waals surface area contributed by atoms with E-state index in [1.165, 1.54) is 18.0 Å². The van der Waals surface area contributed by atoms with Crippen molar-refractivity contribution in [3.05, 3.63) is 16.9 Å². The van der Waals surface area contributed by atoms with Crippen molar-refractivity contribution >= 4 is 40.2 Å². The molecule has 0 radical (unpaired) electrons. The average Bonchev–Trinajstić information content (AvgIpc) is 2.05. The molecule has 0 bridgehead atoms. The Morgan fingerprint density at radius 2 is 2.33 bits per heavy atom. The van der Waals surface area contributed by atoms with Gasteiger partial charge in [-0.15, -0.1) is 0 Å². The molecular formula is C6H4Cl2N2OS. The number of hydrogen-bond donors (Lipinski definition) is 0. The van der Waals surface area contributed by atoms with E-state index >= 15 is 0 Å². The Kier molecular flexibility index (Phi) is 3.31. The first-order chi connectivity index (χ1) is 5.65. The molecule has 1 rings (SSSR count). The number of nitrogens with zero attached hydrogens (tertiary/aromatic N) is 2. The highest BCUT2D eigenvalue weighted by Crippen LogP contribution is 2.17. The quantitative estimate of drug-likeness (QED) is 0.438. The minimum absolute atomic E-state index is 0.0534. The summed E-state index contributed by atoms with van der Waals surface area (Å²) in [6, 6.07) is 0. The second kappa shape index (κ2) is 4.07. The lowest BCUT2D eigenvalue weighted by atomic mass is 10.4. The molecule has 0 aliphatic carbocycles. The average molecular weight is 223 g/mol. The summed E-state index contributed by atoms with van der Waals surface area (Å²) in [5.41, 5.74) is 0.0534. The Morgan fingerprint density at radius 1 is 1.67 bits per heavy atom. The SMILES string of the molecule is CSc1ncc(Cl)c(C(=O)Cl)n1. The van der Waals surface area contributed by atoms with Gasteiger partial charge in [0, 0.05) is 0 Å². The predicted molar refractivity (Wildman–Crippen MR) is 49.0 cm³/mol. The maximum absolute atomic E-state index is 10.7. The summed E-state index contributed by atoms with van der Waals surface area (Å²) < 4.78 is 0. The normalized spacial score (nSPS) is 9.92. The van der Waals surface area contributed by atoms with Crippen molar-refractivity contribution in [2.75, 3.05) is 6.26 Å². The molecule has 3 nitrogen and oxygen atoms in total. The van der Waals surface area contributed by atoms with Crippen LogP contribution in [0.15, 0.2) is 11.4 Å². The summed E-state index contributed by atoms with van der Waals surface area (Å²) in [7, 11) is 0. The summed E-state index contributed by atoms with van der Waals surface area (Å²) in [6.45, 7) is 0.